The van der Waals surface area contributed by atoms with Crippen LogP contribution in [0.2, 0.25) is 0 Å². The fourth-order valence-electron chi connectivity index (χ4n) is 2.33. The molecule has 2 N–H and O–H groups in total. The summed E-state index contributed by atoms with van der Waals surface area (Å²) in [5, 5.41) is 12.7. The van der Waals surface area contributed by atoms with Crippen molar-refractivity contribution in [1.29, 1.82) is 0 Å². The molecule has 0 heterocycles. The first-order valence-corrected chi connectivity index (χ1v) is 6.15. The van der Waals surface area contributed by atoms with Crippen molar-refractivity contribution in [1.82, 2.24) is 0 Å². The summed E-state index contributed by atoms with van der Waals surface area (Å²) in [5.74, 6) is -0.691. The van der Waals surface area contributed by atoms with E-state index in [1.54, 1.807) is 0 Å². The van der Waals surface area contributed by atoms with Crippen LogP contribution in [-0.4, -0.2) is 30.3 Å². The maximum atomic E-state index is 11.6. The Morgan fingerprint density at radius 1 is 1.56 bits per heavy atom. The van der Waals surface area contributed by atoms with Gasteiger partial charge in [0.25, 0.3) is 0 Å². The third kappa shape index (κ3) is 2.48. The van der Waals surface area contributed by atoms with Gasteiger partial charge in [-0.1, -0.05) is 12.1 Å². The molecule has 4 nitrogen and oxygen atoms in total. The summed E-state index contributed by atoms with van der Waals surface area (Å²) in [6.07, 6.45) is 1.88. The normalized spacial score (nSPS) is 18.1. The van der Waals surface area contributed by atoms with Crippen molar-refractivity contribution in [2.24, 2.45) is 5.92 Å². The van der Waals surface area contributed by atoms with Gasteiger partial charge in [-0.2, -0.15) is 0 Å². The van der Waals surface area contributed by atoms with Crippen molar-refractivity contribution >= 4 is 11.7 Å². The summed E-state index contributed by atoms with van der Waals surface area (Å²) in [5.41, 5.74) is 0.941. The lowest BCUT2D eigenvalue weighted by Crippen LogP contribution is -2.52. The van der Waals surface area contributed by atoms with Crippen LogP contribution in [0.15, 0.2) is 24.3 Å². The smallest absolute Gasteiger partial charge is 0.332 e. The van der Waals surface area contributed by atoms with Crippen LogP contribution >= 0.6 is 0 Å². The van der Waals surface area contributed by atoms with E-state index in [1.807, 2.05) is 31.2 Å². The number of benzene rings is 1. The highest BCUT2D eigenvalue weighted by molar-refractivity contribution is 5.84. The van der Waals surface area contributed by atoms with Crippen LogP contribution < -0.4 is 5.32 Å². The van der Waals surface area contributed by atoms with Gasteiger partial charge in [0.1, 0.15) is 0 Å². The number of hydrogen-bond acceptors (Lipinski definition) is 3. The highest BCUT2D eigenvalue weighted by Gasteiger charge is 2.51. The van der Waals surface area contributed by atoms with E-state index in [4.69, 9.17) is 4.74 Å². The molecule has 4 heteroatoms. The fourth-order valence-corrected chi connectivity index (χ4v) is 2.33. The Labute approximate surface area is 107 Å². The first-order chi connectivity index (χ1) is 8.58. The molecule has 1 saturated carbocycles. The molecule has 0 amide bonds. The number of rotatable bonds is 6. The molecule has 1 aromatic rings. The van der Waals surface area contributed by atoms with Crippen LogP contribution in [0.4, 0.5) is 5.69 Å². The van der Waals surface area contributed by atoms with Crippen LogP contribution in [0.5, 0.6) is 0 Å². The second-order valence-corrected chi connectivity index (χ2v) is 4.98. The Hall–Kier alpha value is -1.55. The lowest BCUT2D eigenvalue weighted by molar-refractivity contribution is -0.145. The van der Waals surface area contributed by atoms with Gasteiger partial charge in [0.15, 0.2) is 5.54 Å². The van der Waals surface area contributed by atoms with Gasteiger partial charge >= 0.3 is 5.97 Å². The van der Waals surface area contributed by atoms with Crippen LogP contribution in [0, 0.1) is 12.8 Å². The minimum absolute atomic E-state index is 0.149. The number of carbonyl (C=O) groups is 1. The summed E-state index contributed by atoms with van der Waals surface area (Å²) in [6.45, 7) is 2.17. The predicted octanol–water partition coefficient (Wildman–Crippen LogP) is 2.29. The summed E-state index contributed by atoms with van der Waals surface area (Å²) in [6, 6.07) is 7.75. The number of methoxy groups -OCH3 is 1. The van der Waals surface area contributed by atoms with Gasteiger partial charge in [-0.05, 0) is 43.4 Å². The number of ether oxygens (including phenoxy) is 1. The lowest BCUT2D eigenvalue weighted by atomic mass is 9.93. The largest absolute Gasteiger partial charge is 0.479 e. The second-order valence-electron chi connectivity index (χ2n) is 4.98. The van der Waals surface area contributed by atoms with Crippen molar-refractivity contribution < 1.29 is 14.6 Å². The van der Waals surface area contributed by atoms with Gasteiger partial charge in [0, 0.05) is 12.8 Å². The molecule has 0 bridgehead atoms. The van der Waals surface area contributed by atoms with E-state index >= 15 is 0 Å². The van der Waals surface area contributed by atoms with Gasteiger partial charge in [0.05, 0.1) is 6.61 Å². The van der Waals surface area contributed by atoms with E-state index in [0.717, 1.165) is 24.1 Å². The third-order valence-electron chi connectivity index (χ3n) is 3.41. The average Bonchev–Trinajstić information content (AvgIpc) is 3.12. The Bertz CT molecular complexity index is 442. The SMILES string of the molecule is COCC(Nc1cccc(C)c1)(C(=O)O)C1CC1. The minimum Gasteiger partial charge on any atom is -0.479 e. The molecule has 0 aromatic heterocycles. The molecule has 1 aliphatic rings. The number of hydrogen-bond donors (Lipinski definition) is 2. The molecule has 0 aliphatic heterocycles. The van der Waals surface area contributed by atoms with Crippen molar-refractivity contribution in [2.75, 3.05) is 19.0 Å². The topological polar surface area (TPSA) is 58.6 Å². The van der Waals surface area contributed by atoms with Crippen LogP contribution in [0.25, 0.3) is 0 Å². The van der Waals surface area contributed by atoms with Crippen molar-refractivity contribution in [3.8, 4) is 0 Å². The summed E-state index contributed by atoms with van der Waals surface area (Å²) >= 11 is 0. The van der Waals surface area contributed by atoms with Crippen LogP contribution in [0.1, 0.15) is 18.4 Å². The van der Waals surface area contributed by atoms with Crippen molar-refractivity contribution in [2.45, 2.75) is 25.3 Å². The molecule has 1 atom stereocenters. The second kappa shape index (κ2) is 4.98. The molecule has 0 saturated heterocycles. The number of aliphatic carboxylic acids is 1. The maximum absolute atomic E-state index is 11.6. The van der Waals surface area contributed by atoms with E-state index in [0.29, 0.717) is 0 Å². The molecular formula is C14H19NO3. The minimum atomic E-state index is -0.997. The first-order valence-electron chi connectivity index (χ1n) is 6.15. The first kappa shape index (κ1) is 12.9. The number of carboxylic acids is 1. The van der Waals surface area contributed by atoms with E-state index in [1.165, 1.54) is 7.11 Å². The van der Waals surface area contributed by atoms with Gasteiger partial charge in [-0.25, -0.2) is 4.79 Å². The average molecular weight is 249 g/mol. The number of anilines is 1. The molecule has 0 spiro atoms. The maximum Gasteiger partial charge on any atom is 0.332 e. The Morgan fingerprint density at radius 2 is 2.28 bits per heavy atom. The molecular weight excluding hydrogens is 230 g/mol. The van der Waals surface area contributed by atoms with Crippen LogP contribution in [-0.2, 0) is 9.53 Å². The molecule has 1 aliphatic carbocycles. The zero-order chi connectivity index (χ0) is 13.2. The van der Waals surface area contributed by atoms with Gasteiger partial charge in [-0.15, -0.1) is 0 Å². The van der Waals surface area contributed by atoms with E-state index < -0.39 is 11.5 Å². The Balaban J connectivity index is 2.26. The highest BCUT2D eigenvalue weighted by Crippen LogP contribution is 2.42. The number of aryl methyl sites for hydroxylation is 1. The van der Waals surface area contributed by atoms with E-state index in [2.05, 4.69) is 5.32 Å². The number of nitrogens with one attached hydrogen (secondary N) is 1. The molecule has 2 rings (SSSR count). The molecule has 1 unspecified atom stereocenters. The van der Waals surface area contributed by atoms with Crippen molar-refractivity contribution in [3.63, 3.8) is 0 Å². The molecule has 98 valence electrons. The van der Waals surface area contributed by atoms with E-state index in [9.17, 15) is 9.90 Å². The van der Waals surface area contributed by atoms with Gasteiger partial charge in [-0.3, -0.25) is 0 Å². The summed E-state index contributed by atoms with van der Waals surface area (Å²) in [7, 11) is 1.54. The fraction of sp³-hybridized carbons (Fsp3) is 0.500. The summed E-state index contributed by atoms with van der Waals surface area (Å²) in [4.78, 5) is 11.6. The molecule has 18 heavy (non-hydrogen) atoms. The lowest BCUT2D eigenvalue weighted by Gasteiger charge is -2.31. The monoisotopic (exact) mass is 249 g/mol. The third-order valence-corrected chi connectivity index (χ3v) is 3.41. The van der Waals surface area contributed by atoms with Gasteiger partial charge in [0.2, 0.25) is 0 Å². The molecule has 1 aromatic carbocycles. The molecule has 0 radical (unpaired) electrons. The van der Waals surface area contributed by atoms with Crippen molar-refractivity contribution in [3.05, 3.63) is 29.8 Å². The highest BCUT2D eigenvalue weighted by atomic mass is 16.5. The standard InChI is InChI=1S/C14H19NO3/c1-10-4-3-5-12(8-10)15-14(9-18-2,13(16)17)11-6-7-11/h3-5,8,11,15H,6-7,9H2,1-2H3,(H,16,17). The summed E-state index contributed by atoms with van der Waals surface area (Å²) < 4.78 is 5.13. The molecule has 1 fully saturated rings. The quantitative estimate of drug-likeness (QED) is 0.812. The zero-order valence-corrected chi connectivity index (χ0v) is 10.8. The van der Waals surface area contributed by atoms with Gasteiger partial charge < -0.3 is 15.2 Å². The van der Waals surface area contributed by atoms with E-state index in [-0.39, 0.29) is 12.5 Å². The number of carboxylic acid groups (broad SMARTS) is 1. The Morgan fingerprint density at radius 3 is 2.78 bits per heavy atom. The Kier molecular flexibility index (Phi) is 3.57. The zero-order valence-electron chi connectivity index (χ0n) is 10.8. The van der Waals surface area contributed by atoms with Crippen LogP contribution in [0.3, 0.4) is 0 Å². The predicted molar refractivity (Wildman–Crippen MR) is 69.8 cm³/mol.